The molecule has 0 saturated carbocycles. The Bertz CT molecular complexity index is 1160. The first-order valence-corrected chi connectivity index (χ1v) is 13.4. The molecule has 4 rings (SSSR count). The summed E-state index contributed by atoms with van der Waals surface area (Å²) in [6.45, 7) is 9.09. The molecule has 188 valence electrons. The number of hydrogen-bond acceptors (Lipinski definition) is 7. The van der Waals surface area contributed by atoms with Crippen LogP contribution >= 0.6 is 0 Å². The number of nitrogens with zero attached hydrogens (tertiary/aromatic N) is 3. The van der Waals surface area contributed by atoms with Gasteiger partial charge >= 0.3 is 5.76 Å². The van der Waals surface area contributed by atoms with Gasteiger partial charge in [-0.25, -0.2) is 13.2 Å². The van der Waals surface area contributed by atoms with Crippen molar-refractivity contribution in [2.45, 2.75) is 50.6 Å². The zero-order chi connectivity index (χ0) is 24.3. The van der Waals surface area contributed by atoms with Gasteiger partial charge in [0.1, 0.15) is 0 Å². The van der Waals surface area contributed by atoms with Gasteiger partial charge in [0.25, 0.3) is 0 Å². The summed E-state index contributed by atoms with van der Waals surface area (Å²) in [5.74, 6) is -0.370. The minimum atomic E-state index is -3.61. The van der Waals surface area contributed by atoms with Crippen LogP contribution in [0, 0.1) is 5.92 Å². The molecule has 0 bridgehead atoms. The van der Waals surface area contributed by atoms with E-state index in [1.165, 1.54) is 21.0 Å². The Labute approximate surface area is 199 Å². The number of rotatable bonds is 9. The van der Waals surface area contributed by atoms with Crippen molar-refractivity contribution in [1.29, 1.82) is 0 Å². The van der Waals surface area contributed by atoms with Crippen molar-refractivity contribution in [3.63, 3.8) is 0 Å². The molecule has 1 aromatic carbocycles. The largest absolute Gasteiger partial charge is 0.419 e. The van der Waals surface area contributed by atoms with Crippen LogP contribution in [0.15, 0.2) is 32.3 Å². The summed E-state index contributed by atoms with van der Waals surface area (Å²) in [6.07, 6.45) is 1.81. The molecule has 10 nitrogen and oxygen atoms in total. The van der Waals surface area contributed by atoms with Gasteiger partial charge in [-0.05, 0) is 30.9 Å². The van der Waals surface area contributed by atoms with Crippen LogP contribution in [0.4, 0.5) is 0 Å². The lowest BCUT2D eigenvalue weighted by Gasteiger charge is -2.36. The zero-order valence-electron chi connectivity index (χ0n) is 19.9. The highest BCUT2D eigenvalue weighted by molar-refractivity contribution is 7.89. The van der Waals surface area contributed by atoms with Gasteiger partial charge in [0.2, 0.25) is 15.9 Å². The molecule has 1 aromatic heterocycles. The van der Waals surface area contributed by atoms with Crippen LogP contribution in [-0.2, 0) is 26.1 Å². The van der Waals surface area contributed by atoms with E-state index in [4.69, 9.17) is 9.15 Å². The molecule has 0 aliphatic carbocycles. The van der Waals surface area contributed by atoms with E-state index in [2.05, 4.69) is 24.1 Å². The fraction of sp³-hybridized carbons (Fsp3) is 0.652. The second-order valence-corrected chi connectivity index (χ2v) is 11.2. The van der Waals surface area contributed by atoms with E-state index in [9.17, 15) is 18.0 Å². The zero-order valence-corrected chi connectivity index (χ0v) is 20.7. The fourth-order valence-electron chi connectivity index (χ4n) is 4.71. The van der Waals surface area contributed by atoms with Crippen molar-refractivity contribution in [3.05, 3.63) is 28.7 Å². The smallest absolute Gasteiger partial charge is 0.408 e. The Hall–Kier alpha value is -2.21. The van der Waals surface area contributed by atoms with E-state index < -0.39 is 15.8 Å². The predicted molar refractivity (Wildman–Crippen MR) is 127 cm³/mol. The van der Waals surface area contributed by atoms with Gasteiger partial charge in [0.15, 0.2) is 5.58 Å². The molecule has 11 heteroatoms. The van der Waals surface area contributed by atoms with Gasteiger partial charge in [-0.3, -0.25) is 14.3 Å². The number of morpholine rings is 1. The van der Waals surface area contributed by atoms with Gasteiger partial charge in [0.05, 0.1) is 23.6 Å². The van der Waals surface area contributed by atoms with E-state index in [1.807, 2.05) is 0 Å². The average molecular weight is 495 g/mol. The van der Waals surface area contributed by atoms with Crippen LogP contribution in [0.1, 0.15) is 33.1 Å². The number of oxazole rings is 1. The second-order valence-electron chi connectivity index (χ2n) is 9.27. The SMILES string of the molecule is CC(C)C(CNC(=O)CCn1c(=O)oc2cc(S(=O)(=O)N3CCCC3)ccc21)N1CCOCC1. The molecular formula is C23H34N4O6S. The lowest BCUT2D eigenvalue weighted by atomic mass is 10.0. The quantitative estimate of drug-likeness (QED) is 0.558. The summed E-state index contributed by atoms with van der Waals surface area (Å²) in [5.41, 5.74) is 0.685. The Morgan fingerprint density at radius 3 is 2.50 bits per heavy atom. The third kappa shape index (κ3) is 5.37. The number of nitrogens with one attached hydrogen (secondary N) is 1. The van der Waals surface area contributed by atoms with Crippen LogP contribution < -0.4 is 11.1 Å². The normalized spacial score (nSPS) is 19.1. The first kappa shape index (κ1) is 24.9. The number of hydrogen-bond donors (Lipinski definition) is 1. The molecule has 1 unspecified atom stereocenters. The molecule has 2 fully saturated rings. The molecule has 1 amide bonds. The average Bonchev–Trinajstić information content (AvgIpc) is 3.46. The van der Waals surface area contributed by atoms with E-state index >= 15 is 0 Å². The van der Waals surface area contributed by atoms with Crippen molar-refractivity contribution < 1.29 is 22.4 Å². The van der Waals surface area contributed by atoms with Crippen molar-refractivity contribution >= 4 is 27.0 Å². The number of benzene rings is 1. The van der Waals surface area contributed by atoms with Gasteiger partial charge in [0, 0.05) is 57.8 Å². The maximum absolute atomic E-state index is 12.8. The van der Waals surface area contributed by atoms with Crippen molar-refractivity contribution in [3.8, 4) is 0 Å². The summed E-state index contributed by atoms with van der Waals surface area (Å²) in [6, 6.07) is 4.70. The number of fused-ring (bicyclic) bond motifs is 1. The minimum absolute atomic E-state index is 0.114. The van der Waals surface area contributed by atoms with Crippen molar-refractivity contribution in [1.82, 2.24) is 19.1 Å². The van der Waals surface area contributed by atoms with E-state index in [0.717, 1.165) is 25.9 Å². The molecule has 1 atom stereocenters. The summed E-state index contributed by atoms with van der Waals surface area (Å²) >= 11 is 0. The number of aryl methyl sites for hydroxylation is 1. The third-order valence-corrected chi connectivity index (χ3v) is 8.59. The van der Waals surface area contributed by atoms with E-state index in [0.29, 0.717) is 44.3 Å². The number of aromatic nitrogens is 1. The molecule has 2 aliphatic rings. The van der Waals surface area contributed by atoms with E-state index in [-0.39, 0.29) is 35.4 Å². The summed E-state index contributed by atoms with van der Waals surface area (Å²) < 4.78 is 39.2. The van der Waals surface area contributed by atoms with E-state index in [1.54, 1.807) is 6.07 Å². The Balaban J connectivity index is 1.39. The highest BCUT2D eigenvalue weighted by Gasteiger charge is 2.28. The monoisotopic (exact) mass is 494 g/mol. The highest BCUT2D eigenvalue weighted by atomic mass is 32.2. The summed E-state index contributed by atoms with van der Waals surface area (Å²) in [7, 11) is -3.61. The number of sulfonamides is 1. The number of carbonyl (C=O) groups is 1. The van der Waals surface area contributed by atoms with Crippen molar-refractivity contribution in [2.24, 2.45) is 5.92 Å². The van der Waals surface area contributed by atoms with Gasteiger partial charge in [-0.1, -0.05) is 13.8 Å². The maximum Gasteiger partial charge on any atom is 0.419 e. The maximum atomic E-state index is 12.8. The highest BCUT2D eigenvalue weighted by Crippen LogP contribution is 2.24. The molecule has 2 aromatic rings. The first-order chi connectivity index (χ1) is 16.3. The Morgan fingerprint density at radius 1 is 1.12 bits per heavy atom. The lowest BCUT2D eigenvalue weighted by molar-refractivity contribution is -0.121. The predicted octanol–water partition coefficient (Wildman–Crippen LogP) is 1.24. The third-order valence-electron chi connectivity index (χ3n) is 6.70. The molecule has 0 radical (unpaired) electrons. The second kappa shape index (κ2) is 10.6. The molecule has 3 heterocycles. The Kier molecular flexibility index (Phi) is 7.76. The standard InChI is InChI=1S/C23H34N4O6S/c1-17(2)20(25-11-13-32-14-12-25)16-24-22(28)7-10-27-19-6-5-18(15-21(19)33-23(27)29)34(30,31)26-8-3-4-9-26/h5-6,15,17,20H,3-4,7-14,16H2,1-2H3,(H,24,28). The summed E-state index contributed by atoms with van der Waals surface area (Å²) in [5, 5.41) is 3.00. The molecule has 2 saturated heterocycles. The van der Waals surface area contributed by atoms with Crippen LogP contribution in [0.3, 0.4) is 0 Å². The summed E-state index contributed by atoms with van der Waals surface area (Å²) in [4.78, 5) is 27.4. The minimum Gasteiger partial charge on any atom is -0.408 e. The molecule has 1 N–H and O–H groups in total. The molecule has 2 aliphatic heterocycles. The van der Waals surface area contributed by atoms with Gasteiger partial charge in [-0.15, -0.1) is 0 Å². The van der Waals surface area contributed by atoms with Crippen LogP contribution in [-0.4, -0.2) is 80.1 Å². The molecule has 34 heavy (non-hydrogen) atoms. The molecular weight excluding hydrogens is 460 g/mol. The fourth-order valence-corrected chi connectivity index (χ4v) is 6.25. The van der Waals surface area contributed by atoms with Crippen LogP contribution in [0.5, 0.6) is 0 Å². The van der Waals surface area contributed by atoms with Crippen LogP contribution in [0.2, 0.25) is 0 Å². The number of amides is 1. The van der Waals surface area contributed by atoms with Crippen molar-refractivity contribution in [2.75, 3.05) is 45.9 Å². The van der Waals surface area contributed by atoms with Gasteiger partial charge in [-0.2, -0.15) is 4.31 Å². The van der Waals surface area contributed by atoms with Crippen LogP contribution in [0.25, 0.3) is 11.1 Å². The number of ether oxygens (including phenoxy) is 1. The molecule has 0 spiro atoms. The first-order valence-electron chi connectivity index (χ1n) is 12.0. The lowest BCUT2D eigenvalue weighted by Crippen LogP contribution is -2.51. The topological polar surface area (TPSA) is 114 Å². The Morgan fingerprint density at radius 2 is 1.82 bits per heavy atom. The number of carbonyl (C=O) groups excluding carboxylic acids is 1. The van der Waals surface area contributed by atoms with Gasteiger partial charge < -0.3 is 14.5 Å².